The Hall–Kier alpha value is -2.41. The minimum atomic E-state index is -0.264. The number of carbonyl (C=O) groups is 1. The number of para-hydroxylation sites is 1. The third kappa shape index (κ3) is 5.56. The number of amides is 2. The maximum Gasteiger partial charge on any atom is 0.319 e. The van der Waals surface area contributed by atoms with Crippen molar-refractivity contribution in [3.8, 4) is 11.5 Å². The SMILES string of the molecule is COc1cc(Br)c(NC(=O)NCCCN(C)c2ccccc2)cc1OC. The van der Waals surface area contributed by atoms with E-state index in [9.17, 15) is 4.79 Å². The minimum Gasteiger partial charge on any atom is -0.493 e. The van der Waals surface area contributed by atoms with Crippen LogP contribution in [0.3, 0.4) is 0 Å². The normalized spacial score (nSPS) is 10.2. The van der Waals surface area contributed by atoms with E-state index in [1.54, 1.807) is 26.4 Å². The van der Waals surface area contributed by atoms with Crippen LogP contribution in [0.5, 0.6) is 11.5 Å². The lowest BCUT2D eigenvalue weighted by Crippen LogP contribution is -2.31. The standard InChI is InChI=1S/C19H24BrN3O3/c1-23(14-8-5-4-6-9-14)11-7-10-21-19(24)22-16-13-18(26-3)17(25-2)12-15(16)20/h4-6,8-9,12-13H,7,10-11H2,1-3H3,(H2,21,22,24). The fourth-order valence-electron chi connectivity index (χ4n) is 2.45. The molecule has 0 saturated carbocycles. The molecule has 0 aliphatic carbocycles. The second-order valence-corrected chi connectivity index (χ2v) is 6.53. The molecule has 0 spiro atoms. The van der Waals surface area contributed by atoms with Gasteiger partial charge < -0.3 is 25.0 Å². The van der Waals surface area contributed by atoms with Crippen molar-refractivity contribution in [1.82, 2.24) is 5.32 Å². The lowest BCUT2D eigenvalue weighted by atomic mass is 10.2. The van der Waals surface area contributed by atoms with E-state index in [1.807, 2.05) is 25.2 Å². The maximum atomic E-state index is 12.1. The summed E-state index contributed by atoms with van der Waals surface area (Å²) in [6, 6.07) is 13.4. The van der Waals surface area contributed by atoms with Crippen LogP contribution in [0.1, 0.15) is 6.42 Å². The molecule has 0 unspecified atom stereocenters. The number of hydrogen-bond donors (Lipinski definition) is 2. The maximum absolute atomic E-state index is 12.1. The second-order valence-electron chi connectivity index (χ2n) is 5.68. The fraction of sp³-hybridized carbons (Fsp3) is 0.316. The number of nitrogens with one attached hydrogen (secondary N) is 2. The van der Waals surface area contributed by atoms with E-state index in [4.69, 9.17) is 9.47 Å². The first-order valence-corrected chi connectivity index (χ1v) is 9.07. The van der Waals surface area contributed by atoms with Crippen LogP contribution in [-0.4, -0.2) is 40.4 Å². The molecular weight excluding hydrogens is 398 g/mol. The Balaban J connectivity index is 1.80. The number of methoxy groups -OCH3 is 2. The largest absolute Gasteiger partial charge is 0.493 e. The molecule has 140 valence electrons. The van der Waals surface area contributed by atoms with E-state index in [2.05, 4.69) is 43.6 Å². The zero-order valence-electron chi connectivity index (χ0n) is 15.2. The predicted octanol–water partition coefficient (Wildman–Crippen LogP) is 4.11. The first-order valence-electron chi connectivity index (χ1n) is 8.27. The van der Waals surface area contributed by atoms with Crippen molar-refractivity contribution < 1.29 is 14.3 Å². The lowest BCUT2D eigenvalue weighted by molar-refractivity contribution is 0.252. The molecular formula is C19H24BrN3O3. The number of urea groups is 1. The molecule has 2 N–H and O–H groups in total. The molecule has 0 atom stereocenters. The van der Waals surface area contributed by atoms with Gasteiger partial charge in [0.2, 0.25) is 0 Å². The molecule has 0 heterocycles. The smallest absolute Gasteiger partial charge is 0.319 e. The molecule has 26 heavy (non-hydrogen) atoms. The molecule has 0 aliphatic rings. The van der Waals surface area contributed by atoms with Gasteiger partial charge in [0.15, 0.2) is 11.5 Å². The van der Waals surface area contributed by atoms with Gasteiger partial charge in [0.25, 0.3) is 0 Å². The summed E-state index contributed by atoms with van der Waals surface area (Å²) in [5, 5.41) is 5.67. The van der Waals surface area contributed by atoms with E-state index >= 15 is 0 Å². The number of ether oxygens (including phenoxy) is 2. The topological polar surface area (TPSA) is 62.8 Å². The summed E-state index contributed by atoms with van der Waals surface area (Å²) in [5.74, 6) is 1.14. The highest BCUT2D eigenvalue weighted by atomic mass is 79.9. The molecule has 0 radical (unpaired) electrons. The monoisotopic (exact) mass is 421 g/mol. The zero-order valence-corrected chi connectivity index (χ0v) is 16.8. The third-order valence-corrected chi connectivity index (χ3v) is 4.53. The fourth-order valence-corrected chi connectivity index (χ4v) is 2.87. The van der Waals surface area contributed by atoms with E-state index in [0.29, 0.717) is 28.2 Å². The van der Waals surface area contributed by atoms with E-state index in [0.717, 1.165) is 18.7 Å². The Labute approximate surface area is 162 Å². The highest BCUT2D eigenvalue weighted by Gasteiger charge is 2.11. The summed E-state index contributed by atoms with van der Waals surface area (Å²) in [7, 11) is 5.16. The number of carbonyl (C=O) groups excluding carboxylic acids is 1. The number of benzene rings is 2. The van der Waals surface area contributed by atoms with Gasteiger partial charge in [-0.25, -0.2) is 4.79 Å². The summed E-state index contributed by atoms with van der Waals surface area (Å²) >= 11 is 3.42. The van der Waals surface area contributed by atoms with Crippen molar-refractivity contribution in [1.29, 1.82) is 0 Å². The Kier molecular flexibility index (Phi) is 7.59. The number of halogens is 1. The van der Waals surface area contributed by atoms with Gasteiger partial charge >= 0.3 is 6.03 Å². The van der Waals surface area contributed by atoms with Gasteiger partial charge in [0, 0.05) is 42.4 Å². The Bertz CT molecular complexity index is 725. The molecule has 2 aromatic carbocycles. The molecule has 0 fully saturated rings. The molecule has 0 aliphatic heterocycles. The van der Waals surface area contributed by atoms with E-state index < -0.39 is 0 Å². The van der Waals surface area contributed by atoms with Crippen molar-refractivity contribution in [2.24, 2.45) is 0 Å². The van der Waals surface area contributed by atoms with Crippen LogP contribution in [0.4, 0.5) is 16.2 Å². The molecule has 0 saturated heterocycles. The number of nitrogens with zero attached hydrogens (tertiary/aromatic N) is 1. The number of anilines is 2. The van der Waals surface area contributed by atoms with Crippen molar-refractivity contribution in [3.05, 3.63) is 46.9 Å². The summed E-state index contributed by atoms with van der Waals surface area (Å²) in [4.78, 5) is 14.3. The van der Waals surface area contributed by atoms with Crippen LogP contribution in [0.25, 0.3) is 0 Å². The minimum absolute atomic E-state index is 0.264. The molecule has 2 amide bonds. The summed E-state index contributed by atoms with van der Waals surface area (Å²) < 4.78 is 11.2. The molecule has 2 aromatic rings. The summed E-state index contributed by atoms with van der Waals surface area (Å²) in [6.07, 6.45) is 0.839. The number of hydrogen-bond acceptors (Lipinski definition) is 4. The predicted molar refractivity (Wildman–Crippen MR) is 109 cm³/mol. The Morgan fingerprint density at radius 1 is 1.12 bits per heavy atom. The van der Waals surface area contributed by atoms with Gasteiger partial charge in [-0.05, 0) is 34.5 Å². The highest BCUT2D eigenvalue weighted by molar-refractivity contribution is 9.10. The molecule has 7 heteroatoms. The molecule has 0 bridgehead atoms. The van der Waals surface area contributed by atoms with E-state index in [-0.39, 0.29) is 6.03 Å². The molecule has 2 rings (SSSR count). The van der Waals surface area contributed by atoms with Crippen LogP contribution < -0.4 is 25.0 Å². The average molecular weight is 422 g/mol. The van der Waals surface area contributed by atoms with Gasteiger partial charge in [-0.1, -0.05) is 18.2 Å². The van der Waals surface area contributed by atoms with Gasteiger partial charge in [-0.3, -0.25) is 0 Å². The van der Waals surface area contributed by atoms with Crippen molar-refractivity contribution in [2.75, 3.05) is 44.6 Å². The van der Waals surface area contributed by atoms with Gasteiger partial charge in [-0.2, -0.15) is 0 Å². The van der Waals surface area contributed by atoms with Crippen LogP contribution in [-0.2, 0) is 0 Å². The second kappa shape index (κ2) is 9.91. The van der Waals surface area contributed by atoms with Crippen molar-refractivity contribution in [3.63, 3.8) is 0 Å². The number of rotatable bonds is 8. The average Bonchev–Trinajstić information content (AvgIpc) is 2.67. The van der Waals surface area contributed by atoms with Crippen LogP contribution in [0.15, 0.2) is 46.9 Å². The van der Waals surface area contributed by atoms with Crippen LogP contribution >= 0.6 is 15.9 Å². The Morgan fingerprint density at radius 2 is 1.77 bits per heavy atom. The van der Waals surface area contributed by atoms with Gasteiger partial charge in [0.05, 0.1) is 19.9 Å². The quantitative estimate of drug-likeness (QED) is 0.629. The Morgan fingerprint density at radius 3 is 2.42 bits per heavy atom. The first-order chi connectivity index (χ1) is 12.5. The summed E-state index contributed by atoms with van der Waals surface area (Å²) in [6.45, 7) is 1.43. The molecule has 6 nitrogen and oxygen atoms in total. The zero-order chi connectivity index (χ0) is 18.9. The van der Waals surface area contributed by atoms with Gasteiger partial charge in [-0.15, -0.1) is 0 Å². The lowest BCUT2D eigenvalue weighted by Gasteiger charge is -2.19. The summed E-state index contributed by atoms with van der Waals surface area (Å²) in [5.41, 5.74) is 1.77. The molecule has 0 aromatic heterocycles. The van der Waals surface area contributed by atoms with Crippen molar-refractivity contribution >= 4 is 33.3 Å². The van der Waals surface area contributed by atoms with Crippen LogP contribution in [0.2, 0.25) is 0 Å². The van der Waals surface area contributed by atoms with Crippen molar-refractivity contribution in [2.45, 2.75) is 6.42 Å². The van der Waals surface area contributed by atoms with Crippen LogP contribution in [0, 0.1) is 0 Å². The first kappa shape index (κ1) is 19.9. The highest BCUT2D eigenvalue weighted by Crippen LogP contribution is 2.36. The van der Waals surface area contributed by atoms with E-state index in [1.165, 1.54) is 0 Å². The third-order valence-electron chi connectivity index (χ3n) is 3.87. The van der Waals surface area contributed by atoms with Gasteiger partial charge in [0.1, 0.15) is 0 Å².